The van der Waals surface area contributed by atoms with Crippen LogP contribution in [0.2, 0.25) is 0 Å². The summed E-state index contributed by atoms with van der Waals surface area (Å²) in [4.78, 5) is 0. The van der Waals surface area contributed by atoms with E-state index in [1.165, 1.54) is 0 Å². The van der Waals surface area contributed by atoms with E-state index in [2.05, 4.69) is 4.72 Å². The maximum Gasteiger partial charge on any atom is 0.235 e. The Kier molecular flexibility index (Phi) is 3.89. The molecule has 1 aromatic carbocycles. The zero-order chi connectivity index (χ0) is 13.2. The van der Waals surface area contributed by atoms with Crippen LogP contribution in [0, 0.1) is 0 Å². The van der Waals surface area contributed by atoms with E-state index in [0.717, 1.165) is 5.56 Å². The number of nitrogens with one attached hydrogen (secondary N) is 1. The molecule has 100 valence electrons. The number of hydrogen-bond donors (Lipinski definition) is 1. The second kappa shape index (κ2) is 5.26. The van der Waals surface area contributed by atoms with Crippen LogP contribution in [0.15, 0.2) is 24.3 Å². The van der Waals surface area contributed by atoms with Crippen LogP contribution in [0.5, 0.6) is 0 Å². The van der Waals surface area contributed by atoms with Gasteiger partial charge in [0.05, 0.1) is 18.5 Å². The lowest BCUT2D eigenvalue weighted by molar-refractivity contribution is -0.0441. The normalized spacial score (nSPS) is 17.3. The van der Waals surface area contributed by atoms with Gasteiger partial charge in [0.1, 0.15) is 0 Å². The summed E-state index contributed by atoms with van der Waals surface area (Å²) in [7, 11) is -3.30. The van der Waals surface area contributed by atoms with E-state index in [1.807, 2.05) is 0 Å². The summed E-state index contributed by atoms with van der Waals surface area (Å²) in [6, 6.07) is 7.02. The lowest BCUT2D eigenvalue weighted by Gasteiger charge is -2.12. The first kappa shape index (κ1) is 13.3. The van der Waals surface area contributed by atoms with Crippen molar-refractivity contribution in [1.82, 2.24) is 0 Å². The minimum Gasteiger partial charge on any atom is -0.346 e. The van der Waals surface area contributed by atoms with Gasteiger partial charge in [-0.05, 0) is 26.0 Å². The van der Waals surface area contributed by atoms with Crippen molar-refractivity contribution < 1.29 is 17.9 Å². The van der Waals surface area contributed by atoms with Crippen molar-refractivity contribution in [2.75, 3.05) is 17.9 Å². The van der Waals surface area contributed by atoms with Crippen LogP contribution in [-0.2, 0) is 19.5 Å². The predicted octanol–water partition coefficient (Wildman–Crippen LogP) is 1.88. The van der Waals surface area contributed by atoms with E-state index in [1.54, 1.807) is 38.1 Å². The minimum absolute atomic E-state index is 0.333. The molecule has 2 rings (SSSR count). The zero-order valence-electron chi connectivity index (χ0n) is 10.4. The van der Waals surface area contributed by atoms with Gasteiger partial charge < -0.3 is 9.47 Å². The molecule has 1 aliphatic rings. The Bertz CT molecular complexity index is 489. The first-order valence-electron chi connectivity index (χ1n) is 5.84. The molecule has 1 aromatic rings. The molecule has 0 unspecified atom stereocenters. The molecule has 1 aliphatic heterocycles. The Morgan fingerprint density at radius 3 is 2.22 bits per heavy atom. The average molecular weight is 271 g/mol. The molecule has 0 aromatic heterocycles. The summed E-state index contributed by atoms with van der Waals surface area (Å²) >= 11 is 0. The molecular formula is C12H17NO4S. The van der Waals surface area contributed by atoms with Crippen LogP contribution >= 0.6 is 0 Å². The first-order chi connectivity index (χ1) is 8.49. The van der Waals surface area contributed by atoms with Crippen molar-refractivity contribution in [2.24, 2.45) is 0 Å². The van der Waals surface area contributed by atoms with E-state index in [4.69, 9.17) is 9.47 Å². The summed E-state index contributed by atoms with van der Waals surface area (Å²) in [6.45, 7) is 4.45. The van der Waals surface area contributed by atoms with E-state index in [-0.39, 0.29) is 6.29 Å². The summed E-state index contributed by atoms with van der Waals surface area (Å²) in [6.07, 6.45) is -0.333. The third-order valence-corrected chi connectivity index (χ3v) is 4.45. The van der Waals surface area contributed by atoms with Crippen LogP contribution in [0.25, 0.3) is 0 Å². The van der Waals surface area contributed by atoms with Gasteiger partial charge in [-0.2, -0.15) is 0 Å². The minimum atomic E-state index is -3.30. The molecule has 0 amide bonds. The van der Waals surface area contributed by atoms with Gasteiger partial charge in [0.15, 0.2) is 6.29 Å². The molecule has 5 nitrogen and oxygen atoms in total. The van der Waals surface area contributed by atoms with Gasteiger partial charge in [0, 0.05) is 11.3 Å². The van der Waals surface area contributed by atoms with Crippen LogP contribution in [0.4, 0.5) is 5.69 Å². The van der Waals surface area contributed by atoms with Crippen LogP contribution in [0.1, 0.15) is 25.7 Å². The third-order valence-electron chi connectivity index (χ3n) is 2.69. The highest BCUT2D eigenvalue weighted by molar-refractivity contribution is 7.93. The molecule has 1 saturated heterocycles. The fraction of sp³-hybridized carbons (Fsp3) is 0.500. The molecule has 0 aliphatic carbocycles. The number of ether oxygens (including phenoxy) is 2. The standard InChI is InChI=1S/C12H17NO4S/c1-9(2)18(14,15)13-11-5-3-10(4-6-11)12-16-7-8-17-12/h3-6,9,12-13H,7-8H2,1-2H3. The van der Waals surface area contributed by atoms with E-state index < -0.39 is 15.3 Å². The van der Waals surface area contributed by atoms with Crippen molar-refractivity contribution in [1.29, 1.82) is 0 Å². The maximum atomic E-state index is 11.7. The van der Waals surface area contributed by atoms with Crippen molar-refractivity contribution in [3.63, 3.8) is 0 Å². The third kappa shape index (κ3) is 3.01. The smallest absolute Gasteiger partial charge is 0.235 e. The fourth-order valence-corrected chi connectivity index (χ4v) is 2.24. The SMILES string of the molecule is CC(C)S(=O)(=O)Nc1ccc(C2OCCO2)cc1. The van der Waals surface area contributed by atoms with Gasteiger partial charge in [0.2, 0.25) is 10.0 Å². The highest BCUT2D eigenvalue weighted by Crippen LogP contribution is 2.24. The number of sulfonamides is 1. The Hall–Kier alpha value is -1.11. The Morgan fingerprint density at radius 2 is 1.72 bits per heavy atom. The Labute approximate surface area is 107 Å². The van der Waals surface area contributed by atoms with Crippen molar-refractivity contribution in [3.05, 3.63) is 29.8 Å². The van der Waals surface area contributed by atoms with Gasteiger partial charge >= 0.3 is 0 Å². The lowest BCUT2D eigenvalue weighted by Crippen LogP contribution is -2.22. The Balaban J connectivity index is 2.08. The van der Waals surface area contributed by atoms with Crippen LogP contribution in [-0.4, -0.2) is 26.9 Å². The van der Waals surface area contributed by atoms with Gasteiger partial charge in [-0.15, -0.1) is 0 Å². The van der Waals surface area contributed by atoms with Crippen molar-refractivity contribution >= 4 is 15.7 Å². The quantitative estimate of drug-likeness (QED) is 0.908. The molecule has 0 radical (unpaired) electrons. The largest absolute Gasteiger partial charge is 0.346 e. The van der Waals surface area contributed by atoms with Gasteiger partial charge in [-0.3, -0.25) is 4.72 Å². The molecule has 6 heteroatoms. The molecule has 18 heavy (non-hydrogen) atoms. The maximum absolute atomic E-state index is 11.7. The second-order valence-electron chi connectivity index (χ2n) is 4.39. The van der Waals surface area contributed by atoms with E-state index in [9.17, 15) is 8.42 Å². The summed E-state index contributed by atoms with van der Waals surface area (Å²) < 4.78 is 36.6. The van der Waals surface area contributed by atoms with Crippen molar-refractivity contribution in [3.8, 4) is 0 Å². The molecule has 1 fully saturated rings. The van der Waals surface area contributed by atoms with E-state index >= 15 is 0 Å². The predicted molar refractivity (Wildman–Crippen MR) is 68.8 cm³/mol. The fourth-order valence-electron chi connectivity index (χ4n) is 1.54. The molecule has 1 heterocycles. The highest BCUT2D eigenvalue weighted by atomic mass is 32.2. The van der Waals surface area contributed by atoms with Gasteiger partial charge in [-0.1, -0.05) is 12.1 Å². The zero-order valence-corrected chi connectivity index (χ0v) is 11.2. The number of anilines is 1. The number of rotatable bonds is 4. The molecule has 0 spiro atoms. The molecule has 0 bridgehead atoms. The number of hydrogen-bond acceptors (Lipinski definition) is 4. The lowest BCUT2D eigenvalue weighted by atomic mass is 10.2. The van der Waals surface area contributed by atoms with Gasteiger partial charge in [0.25, 0.3) is 0 Å². The van der Waals surface area contributed by atoms with E-state index in [0.29, 0.717) is 18.9 Å². The second-order valence-corrected chi connectivity index (χ2v) is 6.63. The van der Waals surface area contributed by atoms with Crippen LogP contribution in [0.3, 0.4) is 0 Å². The van der Waals surface area contributed by atoms with Gasteiger partial charge in [-0.25, -0.2) is 8.42 Å². The van der Waals surface area contributed by atoms with Crippen molar-refractivity contribution in [2.45, 2.75) is 25.4 Å². The molecule has 0 atom stereocenters. The number of benzene rings is 1. The average Bonchev–Trinajstić information content (AvgIpc) is 2.83. The molecule has 0 saturated carbocycles. The first-order valence-corrected chi connectivity index (χ1v) is 7.38. The molecule has 1 N–H and O–H groups in total. The van der Waals surface area contributed by atoms with Crippen LogP contribution < -0.4 is 4.72 Å². The monoisotopic (exact) mass is 271 g/mol. The summed E-state index contributed by atoms with van der Waals surface area (Å²) in [5.41, 5.74) is 1.44. The summed E-state index contributed by atoms with van der Waals surface area (Å²) in [5, 5.41) is -0.460. The molecular weight excluding hydrogens is 254 g/mol. The summed E-state index contributed by atoms with van der Waals surface area (Å²) in [5.74, 6) is 0. The highest BCUT2D eigenvalue weighted by Gasteiger charge is 2.19. The Morgan fingerprint density at radius 1 is 1.17 bits per heavy atom. The topological polar surface area (TPSA) is 64.6 Å².